The molecular weight excluding hydrogens is 208 g/mol. The van der Waals surface area contributed by atoms with E-state index in [0.29, 0.717) is 6.61 Å². The molecule has 1 aliphatic rings. The Morgan fingerprint density at radius 1 is 1.40 bits per heavy atom. The van der Waals surface area contributed by atoms with Crippen LogP contribution in [-0.2, 0) is 15.5 Å². The van der Waals surface area contributed by atoms with E-state index >= 15 is 0 Å². The molecule has 88 valence electrons. The zero-order valence-electron chi connectivity index (χ0n) is 9.83. The van der Waals surface area contributed by atoms with Crippen LogP contribution < -0.4 is 0 Å². The van der Waals surface area contributed by atoms with Crippen LogP contribution in [0, 0.1) is 0 Å². The molecule has 2 nitrogen and oxygen atoms in total. The van der Waals surface area contributed by atoms with E-state index in [0.717, 1.165) is 25.0 Å². The standard InChI is InChI=1S/C12H22O2S/c1-3-9-14-10-8-12(2)7-5-4-6-11-15(12)13/h3,9H,4-8,10-11H2,1-2H3/b9-3+. The molecule has 0 aromatic carbocycles. The summed E-state index contributed by atoms with van der Waals surface area (Å²) in [6, 6.07) is 0. The SMILES string of the molecule is C/C=C/OCCC1(C)CCCCCS1=O. The highest BCUT2D eigenvalue weighted by Crippen LogP contribution is 2.29. The molecule has 0 spiro atoms. The fourth-order valence-electron chi connectivity index (χ4n) is 1.95. The molecule has 0 bridgehead atoms. The van der Waals surface area contributed by atoms with E-state index in [1.165, 1.54) is 12.8 Å². The van der Waals surface area contributed by atoms with Crippen LogP contribution in [0.3, 0.4) is 0 Å². The molecule has 0 aromatic rings. The molecule has 0 radical (unpaired) electrons. The van der Waals surface area contributed by atoms with E-state index in [-0.39, 0.29) is 4.75 Å². The van der Waals surface area contributed by atoms with Gasteiger partial charge < -0.3 is 4.74 Å². The summed E-state index contributed by atoms with van der Waals surface area (Å²) < 4.78 is 17.3. The molecule has 0 N–H and O–H groups in total. The van der Waals surface area contributed by atoms with Gasteiger partial charge in [-0.25, -0.2) is 0 Å². The van der Waals surface area contributed by atoms with Crippen molar-refractivity contribution in [2.24, 2.45) is 0 Å². The Morgan fingerprint density at radius 2 is 2.20 bits per heavy atom. The van der Waals surface area contributed by atoms with Gasteiger partial charge in [0.15, 0.2) is 0 Å². The molecule has 15 heavy (non-hydrogen) atoms. The fourth-order valence-corrected chi connectivity index (χ4v) is 3.59. The first-order valence-corrected chi connectivity index (χ1v) is 7.12. The molecule has 1 rings (SSSR count). The van der Waals surface area contributed by atoms with Crippen LogP contribution in [0.25, 0.3) is 0 Å². The monoisotopic (exact) mass is 230 g/mol. The van der Waals surface area contributed by atoms with Crippen LogP contribution >= 0.6 is 0 Å². The van der Waals surface area contributed by atoms with Gasteiger partial charge in [-0.2, -0.15) is 0 Å². The number of ether oxygens (including phenoxy) is 1. The largest absolute Gasteiger partial charge is 0.501 e. The van der Waals surface area contributed by atoms with Gasteiger partial charge in [0.05, 0.1) is 12.9 Å². The topological polar surface area (TPSA) is 26.3 Å². The Bertz CT molecular complexity index is 238. The molecule has 0 aromatic heterocycles. The van der Waals surface area contributed by atoms with Crippen molar-refractivity contribution in [1.29, 1.82) is 0 Å². The number of rotatable bonds is 4. The van der Waals surface area contributed by atoms with Gasteiger partial charge in [0, 0.05) is 21.3 Å². The van der Waals surface area contributed by atoms with Crippen molar-refractivity contribution in [1.82, 2.24) is 0 Å². The van der Waals surface area contributed by atoms with E-state index in [9.17, 15) is 4.21 Å². The first-order chi connectivity index (χ1) is 7.19. The van der Waals surface area contributed by atoms with Crippen LogP contribution in [0.5, 0.6) is 0 Å². The van der Waals surface area contributed by atoms with Crippen molar-refractivity contribution < 1.29 is 8.95 Å². The summed E-state index contributed by atoms with van der Waals surface area (Å²) in [7, 11) is -0.670. The average molecular weight is 230 g/mol. The maximum atomic E-state index is 12.0. The van der Waals surface area contributed by atoms with E-state index < -0.39 is 10.8 Å². The lowest BCUT2D eigenvalue weighted by molar-refractivity contribution is 0.228. The third-order valence-corrected chi connectivity index (χ3v) is 5.23. The third-order valence-electron chi connectivity index (χ3n) is 3.07. The Hall–Kier alpha value is -0.310. The predicted octanol–water partition coefficient (Wildman–Crippen LogP) is 3.01. The number of allylic oxidation sites excluding steroid dienone is 1. The number of hydrogen-bond donors (Lipinski definition) is 0. The van der Waals surface area contributed by atoms with E-state index in [1.54, 1.807) is 6.26 Å². The summed E-state index contributed by atoms with van der Waals surface area (Å²) in [5, 5.41) is 0. The van der Waals surface area contributed by atoms with Crippen LogP contribution in [0.1, 0.15) is 46.0 Å². The molecule has 0 aliphatic carbocycles. The van der Waals surface area contributed by atoms with Crippen LogP contribution in [0.2, 0.25) is 0 Å². The van der Waals surface area contributed by atoms with Crippen LogP contribution in [0.4, 0.5) is 0 Å². The zero-order chi connectivity index (χ0) is 11.1. The summed E-state index contributed by atoms with van der Waals surface area (Å²) in [6.45, 7) is 4.77. The zero-order valence-corrected chi connectivity index (χ0v) is 10.6. The lowest BCUT2D eigenvalue weighted by Crippen LogP contribution is -2.32. The normalized spacial score (nSPS) is 32.8. The summed E-state index contributed by atoms with van der Waals surface area (Å²) in [6.07, 6.45) is 9.15. The van der Waals surface area contributed by atoms with Crippen molar-refractivity contribution in [3.8, 4) is 0 Å². The second kappa shape index (κ2) is 6.31. The Morgan fingerprint density at radius 3 is 2.93 bits per heavy atom. The summed E-state index contributed by atoms with van der Waals surface area (Å²) in [5.41, 5.74) is 0. The molecule has 2 unspecified atom stereocenters. The lowest BCUT2D eigenvalue weighted by Gasteiger charge is -2.26. The van der Waals surface area contributed by atoms with Crippen molar-refractivity contribution in [3.63, 3.8) is 0 Å². The molecule has 1 aliphatic heterocycles. The van der Waals surface area contributed by atoms with Gasteiger partial charge in [-0.05, 0) is 33.1 Å². The highest BCUT2D eigenvalue weighted by atomic mass is 32.2. The molecule has 2 atom stereocenters. The van der Waals surface area contributed by atoms with Gasteiger partial charge in [-0.3, -0.25) is 4.21 Å². The van der Waals surface area contributed by atoms with E-state index in [2.05, 4.69) is 6.92 Å². The minimum Gasteiger partial charge on any atom is -0.501 e. The Balaban J connectivity index is 2.43. The quantitative estimate of drug-likeness (QED) is 0.548. The molecule has 0 amide bonds. The van der Waals surface area contributed by atoms with Crippen molar-refractivity contribution in [3.05, 3.63) is 12.3 Å². The van der Waals surface area contributed by atoms with Crippen LogP contribution in [0.15, 0.2) is 12.3 Å². The van der Waals surface area contributed by atoms with Gasteiger partial charge in [-0.15, -0.1) is 0 Å². The van der Waals surface area contributed by atoms with Gasteiger partial charge in [0.25, 0.3) is 0 Å². The molecule has 3 heteroatoms. The maximum Gasteiger partial charge on any atom is 0.0887 e. The summed E-state index contributed by atoms with van der Waals surface area (Å²) >= 11 is 0. The molecule has 1 saturated heterocycles. The smallest absolute Gasteiger partial charge is 0.0887 e. The minimum absolute atomic E-state index is 0.0158. The summed E-state index contributed by atoms with van der Waals surface area (Å²) in [5.74, 6) is 0.875. The highest BCUT2D eigenvalue weighted by molar-refractivity contribution is 7.86. The van der Waals surface area contributed by atoms with Crippen LogP contribution in [-0.4, -0.2) is 21.3 Å². The molecule has 1 heterocycles. The predicted molar refractivity (Wildman–Crippen MR) is 65.3 cm³/mol. The van der Waals surface area contributed by atoms with Crippen molar-refractivity contribution in [2.45, 2.75) is 50.7 Å². The summed E-state index contributed by atoms with van der Waals surface area (Å²) in [4.78, 5) is 0. The fraction of sp³-hybridized carbons (Fsp3) is 0.833. The van der Waals surface area contributed by atoms with Crippen molar-refractivity contribution in [2.75, 3.05) is 12.4 Å². The van der Waals surface area contributed by atoms with Gasteiger partial charge in [-0.1, -0.05) is 18.9 Å². The Labute approximate surface area is 95.5 Å². The van der Waals surface area contributed by atoms with Crippen molar-refractivity contribution >= 4 is 10.8 Å². The first-order valence-electron chi connectivity index (χ1n) is 5.80. The highest BCUT2D eigenvalue weighted by Gasteiger charge is 2.32. The molecule has 1 fully saturated rings. The van der Waals surface area contributed by atoms with Gasteiger partial charge in [0.2, 0.25) is 0 Å². The van der Waals surface area contributed by atoms with Gasteiger partial charge in [0.1, 0.15) is 0 Å². The molecule has 0 saturated carbocycles. The average Bonchev–Trinajstić information content (AvgIpc) is 2.38. The Kier molecular flexibility index (Phi) is 5.37. The van der Waals surface area contributed by atoms with Gasteiger partial charge >= 0.3 is 0 Å². The molecular formula is C12H22O2S. The first kappa shape index (κ1) is 12.8. The minimum atomic E-state index is -0.670. The third kappa shape index (κ3) is 3.98. The number of hydrogen-bond acceptors (Lipinski definition) is 2. The van der Waals surface area contributed by atoms with E-state index in [1.807, 2.05) is 13.0 Å². The lowest BCUT2D eigenvalue weighted by atomic mass is 9.99. The maximum absolute atomic E-state index is 12.0. The second-order valence-corrected chi connectivity index (χ2v) is 6.49. The van der Waals surface area contributed by atoms with E-state index in [4.69, 9.17) is 4.74 Å². The second-order valence-electron chi connectivity index (χ2n) is 4.40.